The van der Waals surface area contributed by atoms with Crippen LogP contribution in [0.5, 0.6) is 5.75 Å². The van der Waals surface area contributed by atoms with Crippen molar-refractivity contribution in [2.75, 3.05) is 13.2 Å². The molecule has 1 aliphatic heterocycles. The van der Waals surface area contributed by atoms with Crippen LogP contribution in [0.2, 0.25) is 0 Å². The van der Waals surface area contributed by atoms with Gasteiger partial charge in [0.05, 0.1) is 25.2 Å². The van der Waals surface area contributed by atoms with E-state index in [9.17, 15) is 18.7 Å². The third kappa shape index (κ3) is 4.14. The molecule has 0 radical (unpaired) electrons. The summed E-state index contributed by atoms with van der Waals surface area (Å²) in [4.78, 5) is 14.0. The molecule has 2 atom stereocenters. The zero-order chi connectivity index (χ0) is 17.8. The van der Waals surface area contributed by atoms with E-state index in [-0.39, 0.29) is 43.1 Å². The third-order valence-corrected chi connectivity index (χ3v) is 4.24. The largest absolute Gasteiger partial charge is 0.490 e. The van der Waals surface area contributed by atoms with E-state index in [1.807, 2.05) is 0 Å². The molecular formula is C19H19F2NO3. The lowest BCUT2D eigenvalue weighted by Gasteiger charge is -2.25. The number of aliphatic hydroxyl groups excluding tert-OH is 1. The van der Waals surface area contributed by atoms with Gasteiger partial charge in [0.2, 0.25) is 5.91 Å². The highest BCUT2D eigenvalue weighted by Crippen LogP contribution is 2.33. The zero-order valence-electron chi connectivity index (χ0n) is 13.6. The molecule has 2 aromatic carbocycles. The molecule has 0 aliphatic carbocycles. The van der Waals surface area contributed by atoms with Crippen LogP contribution in [0.15, 0.2) is 48.5 Å². The molecule has 1 fully saturated rings. The van der Waals surface area contributed by atoms with Crippen molar-refractivity contribution in [3.63, 3.8) is 0 Å². The van der Waals surface area contributed by atoms with Gasteiger partial charge < -0.3 is 14.7 Å². The molecule has 3 rings (SSSR count). The average Bonchev–Trinajstić information content (AvgIpc) is 2.98. The summed E-state index contributed by atoms with van der Waals surface area (Å²) in [7, 11) is 0. The first-order valence-corrected chi connectivity index (χ1v) is 8.15. The molecule has 2 aromatic rings. The summed E-state index contributed by atoms with van der Waals surface area (Å²) in [5, 5.41) is 9.92. The Morgan fingerprint density at radius 1 is 1.20 bits per heavy atom. The molecule has 25 heavy (non-hydrogen) atoms. The summed E-state index contributed by atoms with van der Waals surface area (Å²) in [5.74, 6) is -0.987. The third-order valence-electron chi connectivity index (χ3n) is 4.24. The first-order valence-electron chi connectivity index (χ1n) is 8.15. The molecule has 1 heterocycles. The summed E-state index contributed by atoms with van der Waals surface area (Å²) in [6.07, 6.45) is -0.235. The van der Waals surface area contributed by atoms with E-state index in [1.54, 1.807) is 24.3 Å². The van der Waals surface area contributed by atoms with Crippen molar-refractivity contribution in [3.8, 4) is 5.75 Å². The molecule has 0 spiro atoms. The van der Waals surface area contributed by atoms with Gasteiger partial charge in [-0.25, -0.2) is 8.78 Å². The number of para-hydroxylation sites is 1. The fourth-order valence-corrected chi connectivity index (χ4v) is 3.07. The number of rotatable bonds is 5. The molecule has 132 valence electrons. The number of aliphatic hydroxyl groups is 1. The summed E-state index contributed by atoms with van der Waals surface area (Å²) in [5.41, 5.74) is 0.653. The van der Waals surface area contributed by atoms with Gasteiger partial charge in [-0.2, -0.15) is 0 Å². The maximum atomic E-state index is 13.5. The van der Waals surface area contributed by atoms with Crippen LogP contribution in [0, 0.1) is 11.6 Å². The Kier molecular flexibility index (Phi) is 5.28. The number of hydrogen-bond donors (Lipinski definition) is 1. The number of amides is 1. The van der Waals surface area contributed by atoms with Crippen LogP contribution in [0.4, 0.5) is 8.78 Å². The molecule has 4 nitrogen and oxygen atoms in total. The fraction of sp³-hybridized carbons (Fsp3) is 0.316. The van der Waals surface area contributed by atoms with Crippen LogP contribution >= 0.6 is 0 Å². The van der Waals surface area contributed by atoms with Gasteiger partial charge in [0.1, 0.15) is 5.82 Å². The minimum absolute atomic E-state index is 0.0300. The van der Waals surface area contributed by atoms with Crippen molar-refractivity contribution in [2.24, 2.45) is 0 Å². The highest BCUT2D eigenvalue weighted by Gasteiger charge is 2.35. The van der Waals surface area contributed by atoms with Crippen LogP contribution in [0.1, 0.15) is 24.4 Å². The fourth-order valence-electron chi connectivity index (χ4n) is 3.07. The molecule has 0 bridgehead atoms. The predicted molar refractivity (Wildman–Crippen MR) is 88.0 cm³/mol. The number of carbonyl (C=O) groups excluding carboxylic acids is 1. The second-order valence-electron chi connectivity index (χ2n) is 6.04. The van der Waals surface area contributed by atoms with Crippen molar-refractivity contribution in [3.05, 3.63) is 65.7 Å². The number of nitrogens with zero attached hydrogens (tertiary/aromatic N) is 1. The van der Waals surface area contributed by atoms with Gasteiger partial charge in [-0.15, -0.1) is 0 Å². The Bertz CT molecular complexity index is 753. The SMILES string of the molecule is O=C(CCOc1ccccc1F)N1C[C@H](O)C[C@@H]1c1cccc(F)c1. The number of ether oxygens (including phenoxy) is 1. The molecular weight excluding hydrogens is 328 g/mol. The molecule has 0 aromatic heterocycles. The Labute approximate surface area is 144 Å². The topological polar surface area (TPSA) is 49.8 Å². The molecule has 1 N–H and O–H groups in total. The Hall–Kier alpha value is -2.47. The molecule has 1 aliphatic rings. The van der Waals surface area contributed by atoms with E-state index < -0.39 is 11.9 Å². The summed E-state index contributed by atoms with van der Waals surface area (Å²) in [6.45, 7) is 0.224. The van der Waals surface area contributed by atoms with Crippen LogP contribution in [0.3, 0.4) is 0 Å². The minimum Gasteiger partial charge on any atom is -0.490 e. The number of hydrogen-bond acceptors (Lipinski definition) is 3. The van der Waals surface area contributed by atoms with Crippen LogP contribution in [-0.4, -0.2) is 35.2 Å². The highest BCUT2D eigenvalue weighted by atomic mass is 19.1. The molecule has 0 unspecified atom stereocenters. The van der Waals surface area contributed by atoms with Gasteiger partial charge in [0.25, 0.3) is 0 Å². The number of benzene rings is 2. The molecule has 0 saturated carbocycles. The summed E-state index contributed by atoms with van der Waals surface area (Å²) >= 11 is 0. The van der Waals surface area contributed by atoms with E-state index in [1.165, 1.54) is 29.2 Å². The maximum Gasteiger partial charge on any atom is 0.226 e. The Morgan fingerprint density at radius 2 is 2.00 bits per heavy atom. The van der Waals surface area contributed by atoms with E-state index in [2.05, 4.69) is 0 Å². The van der Waals surface area contributed by atoms with E-state index in [0.717, 1.165) is 0 Å². The lowest BCUT2D eigenvalue weighted by molar-refractivity contribution is -0.133. The number of halogens is 2. The van der Waals surface area contributed by atoms with E-state index in [4.69, 9.17) is 4.74 Å². The maximum absolute atomic E-state index is 13.5. The van der Waals surface area contributed by atoms with Gasteiger partial charge in [0, 0.05) is 6.54 Å². The number of likely N-dealkylation sites (tertiary alicyclic amines) is 1. The molecule has 6 heteroatoms. The monoisotopic (exact) mass is 347 g/mol. The second-order valence-corrected chi connectivity index (χ2v) is 6.04. The molecule has 1 saturated heterocycles. The molecule has 1 amide bonds. The summed E-state index contributed by atoms with van der Waals surface area (Å²) < 4.78 is 32.3. The van der Waals surface area contributed by atoms with E-state index in [0.29, 0.717) is 12.0 Å². The van der Waals surface area contributed by atoms with Crippen molar-refractivity contribution < 1.29 is 23.4 Å². The Balaban J connectivity index is 1.63. The number of carbonyl (C=O) groups is 1. The lowest BCUT2D eigenvalue weighted by Crippen LogP contribution is -2.32. The smallest absolute Gasteiger partial charge is 0.226 e. The van der Waals surface area contributed by atoms with E-state index >= 15 is 0 Å². The minimum atomic E-state index is -0.648. The summed E-state index contributed by atoms with van der Waals surface area (Å²) in [6, 6.07) is 11.7. The first kappa shape index (κ1) is 17.4. The Morgan fingerprint density at radius 3 is 2.76 bits per heavy atom. The predicted octanol–water partition coefficient (Wildman–Crippen LogP) is 3.07. The van der Waals surface area contributed by atoms with Crippen LogP contribution < -0.4 is 4.74 Å². The lowest BCUT2D eigenvalue weighted by atomic mass is 10.0. The van der Waals surface area contributed by atoms with Crippen molar-refractivity contribution in [2.45, 2.75) is 25.0 Å². The van der Waals surface area contributed by atoms with Crippen LogP contribution in [0.25, 0.3) is 0 Å². The van der Waals surface area contributed by atoms with Crippen molar-refractivity contribution >= 4 is 5.91 Å². The standard InChI is InChI=1S/C19H19F2NO3/c20-14-5-3-4-13(10-14)17-11-15(23)12-22(17)19(24)8-9-25-18-7-2-1-6-16(18)21/h1-7,10,15,17,23H,8-9,11-12H2/t15-,17-/m1/s1. The van der Waals surface area contributed by atoms with Crippen molar-refractivity contribution in [1.29, 1.82) is 0 Å². The zero-order valence-corrected chi connectivity index (χ0v) is 13.6. The van der Waals surface area contributed by atoms with Gasteiger partial charge in [0.15, 0.2) is 11.6 Å². The van der Waals surface area contributed by atoms with Gasteiger partial charge in [-0.1, -0.05) is 24.3 Å². The first-order chi connectivity index (χ1) is 12.0. The van der Waals surface area contributed by atoms with Gasteiger partial charge >= 0.3 is 0 Å². The quantitative estimate of drug-likeness (QED) is 0.904. The normalized spacial score (nSPS) is 19.9. The van der Waals surface area contributed by atoms with Crippen LogP contribution in [-0.2, 0) is 4.79 Å². The second kappa shape index (κ2) is 7.61. The van der Waals surface area contributed by atoms with Gasteiger partial charge in [-0.05, 0) is 36.2 Å². The highest BCUT2D eigenvalue weighted by molar-refractivity contribution is 5.77. The van der Waals surface area contributed by atoms with Crippen molar-refractivity contribution in [1.82, 2.24) is 4.90 Å². The number of β-amino-alcohol motifs (C(OH)–C–C–N with tert-alkyl or cyclic N) is 1. The average molecular weight is 347 g/mol. The van der Waals surface area contributed by atoms with Gasteiger partial charge in [-0.3, -0.25) is 4.79 Å².